The summed E-state index contributed by atoms with van der Waals surface area (Å²) in [4.78, 5) is 35.8. The quantitative estimate of drug-likeness (QED) is 0.174. The van der Waals surface area contributed by atoms with Crippen molar-refractivity contribution in [2.24, 2.45) is 23.3 Å². The van der Waals surface area contributed by atoms with E-state index in [1.807, 2.05) is 13.8 Å². The molecule has 180 valence electrons. The number of Topliss-reactive ketones (excluding diaryl/α,β-unsaturated/α-hetero) is 1. The second-order valence-electron chi connectivity index (χ2n) is 8.33. The Kier molecular flexibility index (Phi) is 9.89. The zero-order valence-corrected chi connectivity index (χ0v) is 18.2. The van der Waals surface area contributed by atoms with E-state index in [2.05, 4.69) is 5.32 Å². The van der Waals surface area contributed by atoms with Crippen molar-refractivity contribution in [3.8, 4) is 0 Å². The molecule has 0 spiro atoms. The van der Waals surface area contributed by atoms with Crippen LogP contribution in [-0.2, 0) is 20.8 Å². The topological polar surface area (TPSA) is 216 Å². The second kappa shape index (κ2) is 11.5. The number of hydrogen-bond acceptors (Lipinski definition) is 9. The number of aliphatic hydroxyl groups is 4. The minimum atomic E-state index is -2.98. The van der Waals surface area contributed by atoms with Crippen molar-refractivity contribution < 1.29 is 39.9 Å². The predicted octanol–water partition coefficient (Wildman–Crippen LogP) is -0.741. The number of ketones is 1. The van der Waals surface area contributed by atoms with E-state index < -0.39 is 54.2 Å². The van der Waals surface area contributed by atoms with E-state index in [0.717, 1.165) is 0 Å². The van der Waals surface area contributed by atoms with Gasteiger partial charge in [-0.3, -0.25) is 20.1 Å². The molecule has 10 N–H and O–H groups in total. The molecule has 0 radical (unpaired) electrons. The minimum absolute atomic E-state index is 0.0425. The molecule has 0 bridgehead atoms. The number of amides is 1. The Labute approximate surface area is 186 Å². The first-order chi connectivity index (χ1) is 14.6. The number of nitrogens with one attached hydrogen (secondary N) is 1. The van der Waals surface area contributed by atoms with Crippen LogP contribution in [0.15, 0.2) is 24.3 Å². The van der Waals surface area contributed by atoms with Gasteiger partial charge in [0.25, 0.3) is 5.91 Å². The lowest BCUT2D eigenvalue weighted by Gasteiger charge is -2.30. The largest absolute Gasteiger partial charge is 0.481 e. The lowest BCUT2D eigenvalue weighted by Crippen LogP contribution is -2.55. The third kappa shape index (κ3) is 8.61. The Morgan fingerprint density at radius 3 is 2.22 bits per heavy atom. The molecule has 1 aromatic carbocycles. The summed E-state index contributed by atoms with van der Waals surface area (Å²) in [7, 11) is 0. The number of carboxylic acid groups (broad SMARTS) is 1. The lowest BCUT2D eigenvalue weighted by atomic mass is 9.86. The summed E-state index contributed by atoms with van der Waals surface area (Å²) in [5, 5.41) is 51.2. The van der Waals surface area contributed by atoms with Gasteiger partial charge < -0.3 is 36.6 Å². The standard InChI is InChI=1S/C21H33N3O8/c1-12(2)11-15(22)18(27)14(21(23,31)32)9-10-20(29,30)19(28)24-16-6-4-3-5-13(16)7-8-17(25)26/h3-6,12,14-15,29-32H,7-11,22-23H2,1-2H3,(H,24,28)(H,25,26)/t14?,15-/m0/s1. The predicted molar refractivity (Wildman–Crippen MR) is 115 cm³/mol. The van der Waals surface area contributed by atoms with Crippen LogP contribution in [0.5, 0.6) is 0 Å². The zero-order chi connectivity index (χ0) is 24.7. The SMILES string of the molecule is CC(C)C[C@H](N)C(=O)C(CCC(O)(O)C(=O)Nc1ccccc1CCC(=O)O)C(N)(O)O. The Bertz CT molecular complexity index is 804. The zero-order valence-electron chi connectivity index (χ0n) is 18.2. The van der Waals surface area contributed by atoms with Crippen LogP contribution in [-0.4, -0.2) is 60.9 Å². The van der Waals surface area contributed by atoms with Gasteiger partial charge in [0, 0.05) is 18.5 Å². The fourth-order valence-corrected chi connectivity index (χ4v) is 3.23. The third-order valence-corrected chi connectivity index (χ3v) is 4.97. The highest BCUT2D eigenvalue weighted by Crippen LogP contribution is 2.25. The molecule has 0 aromatic heterocycles. The van der Waals surface area contributed by atoms with Gasteiger partial charge in [-0.05, 0) is 36.8 Å². The van der Waals surface area contributed by atoms with Crippen molar-refractivity contribution in [1.82, 2.24) is 0 Å². The molecule has 1 amide bonds. The summed E-state index contributed by atoms with van der Waals surface area (Å²) in [6, 6.07) is 5.21. The number of rotatable bonds is 13. The molecule has 0 aliphatic rings. The van der Waals surface area contributed by atoms with Gasteiger partial charge in [0.15, 0.2) is 5.78 Å². The van der Waals surface area contributed by atoms with Crippen LogP contribution in [0.1, 0.15) is 45.1 Å². The average molecular weight is 456 g/mol. The van der Waals surface area contributed by atoms with Gasteiger partial charge in [0.2, 0.25) is 11.7 Å². The molecule has 1 rings (SSSR count). The van der Waals surface area contributed by atoms with Crippen LogP contribution in [0.2, 0.25) is 0 Å². The second-order valence-corrected chi connectivity index (χ2v) is 8.33. The molecule has 1 aromatic rings. The molecule has 11 nitrogen and oxygen atoms in total. The van der Waals surface area contributed by atoms with Crippen molar-refractivity contribution in [2.75, 3.05) is 5.32 Å². The van der Waals surface area contributed by atoms with Gasteiger partial charge in [-0.15, -0.1) is 0 Å². The Morgan fingerprint density at radius 1 is 1.09 bits per heavy atom. The molecular weight excluding hydrogens is 422 g/mol. The molecule has 0 saturated carbocycles. The minimum Gasteiger partial charge on any atom is -0.481 e. The van der Waals surface area contributed by atoms with E-state index in [1.54, 1.807) is 18.2 Å². The van der Waals surface area contributed by atoms with Crippen LogP contribution in [0.25, 0.3) is 0 Å². The van der Waals surface area contributed by atoms with E-state index in [9.17, 15) is 34.8 Å². The molecule has 0 saturated heterocycles. The highest BCUT2D eigenvalue weighted by Gasteiger charge is 2.42. The van der Waals surface area contributed by atoms with Crippen LogP contribution in [0.4, 0.5) is 5.69 Å². The summed E-state index contributed by atoms with van der Waals surface area (Å²) < 4.78 is 0. The van der Waals surface area contributed by atoms with Crippen LogP contribution in [0.3, 0.4) is 0 Å². The molecule has 0 aliphatic carbocycles. The molecule has 2 atom stereocenters. The van der Waals surface area contributed by atoms with E-state index in [-0.39, 0.29) is 30.9 Å². The first-order valence-electron chi connectivity index (χ1n) is 10.2. The number of benzene rings is 1. The summed E-state index contributed by atoms with van der Waals surface area (Å²) >= 11 is 0. The van der Waals surface area contributed by atoms with Crippen LogP contribution in [0, 0.1) is 11.8 Å². The van der Waals surface area contributed by atoms with Crippen LogP contribution >= 0.6 is 0 Å². The molecular formula is C21H33N3O8. The number of aliphatic carboxylic acids is 1. The smallest absolute Gasteiger partial charge is 0.303 e. The number of hydrogen-bond donors (Lipinski definition) is 8. The van der Waals surface area contributed by atoms with Crippen molar-refractivity contribution >= 4 is 23.3 Å². The maximum Gasteiger partial charge on any atom is 0.303 e. The van der Waals surface area contributed by atoms with E-state index in [4.69, 9.17) is 16.6 Å². The maximum atomic E-state index is 12.5. The first-order valence-corrected chi connectivity index (χ1v) is 10.2. The van der Waals surface area contributed by atoms with Crippen molar-refractivity contribution in [3.05, 3.63) is 29.8 Å². The summed E-state index contributed by atoms with van der Waals surface area (Å²) in [6.07, 6.45) is -1.13. The molecule has 0 heterocycles. The number of anilines is 1. The number of aryl methyl sites for hydroxylation is 1. The summed E-state index contributed by atoms with van der Waals surface area (Å²) in [5.74, 6) is -10.6. The number of nitrogens with two attached hydrogens (primary N) is 2. The van der Waals surface area contributed by atoms with Gasteiger partial charge in [-0.1, -0.05) is 32.0 Å². The fraction of sp³-hybridized carbons (Fsp3) is 0.571. The molecule has 32 heavy (non-hydrogen) atoms. The molecule has 0 aliphatic heterocycles. The third-order valence-electron chi connectivity index (χ3n) is 4.97. The molecule has 0 fully saturated rings. The lowest BCUT2D eigenvalue weighted by molar-refractivity contribution is -0.209. The highest BCUT2D eigenvalue weighted by molar-refractivity contribution is 5.96. The molecule has 1 unspecified atom stereocenters. The monoisotopic (exact) mass is 455 g/mol. The van der Waals surface area contributed by atoms with Gasteiger partial charge in [-0.25, -0.2) is 0 Å². The van der Waals surface area contributed by atoms with Gasteiger partial charge in [-0.2, -0.15) is 0 Å². The highest BCUT2D eigenvalue weighted by atomic mass is 16.5. The fourth-order valence-electron chi connectivity index (χ4n) is 3.23. The van der Waals surface area contributed by atoms with E-state index in [0.29, 0.717) is 5.56 Å². The maximum absolute atomic E-state index is 12.5. The van der Waals surface area contributed by atoms with E-state index in [1.165, 1.54) is 6.07 Å². The van der Waals surface area contributed by atoms with E-state index >= 15 is 0 Å². The number of carbonyl (C=O) groups excluding carboxylic acids is 2. The molecule has 11 heteroatoms. The Balaban J connectivity index is 2.91. The normalized spacial score (nSPS) is 14.2. The summed E-state index contributed by atoms with van der Waals surface area (Å²) in [5.41, 5.74) is 11.7. The number of para-hydroxylation sites is 1. The number of carboxylic acids is 1. The summed E-state index contributed by atoms with van der Waals surface area (Å²) in [6.45, 7) is 3.64. The van der Waals surface area contributed by atoms with Gasteiger partial charge >= 0.3 is 5.97 Å². The Morgan fingerprint density at radius 2 is 1.69 bits per heavy atom. The number of carbonyl (C=O) groups is 3. The van der Waals surface area contributed by atoms with Gasteiger partial charge in [0.05, 0.1) is 12.0 Å². The average Bonchev–Trinajstić information content (AvgIpc) is 2.65. The van der Waals surface area contributed by atoms with Crippen LogP contribution < -0.4 is 16.8 Å². The van der Waals surface area contributed by atoms with Gasteiger partial charge in [0.1, 0.15) is 0 Å². The van der Waals surface area contributed by atoms with Crippen molar-refractivity contribution in [2.45, 2.75) is 63.7 Å². The van der Waals surface area contributed by atoms with Crippen molar-refractivity contribution in [1.29, 1.82) is 0 Å². The van der Waals surface area contributed by atoms with Crippen molar-refractivity contribution in [3.63, 3.8) is 0 Å². The Hall–Kier alpha value is -2.41. The first kappa shape index (κ1) is 27.6.